The van der Waals surface area contributed by atoms with E-state index in [4.69, 9.17) is 24.0 Å². The van der Waals surface area contributed by atoms with Crippen LogP contribution in [0.25, 0.3) is 0 Å². The van der Waals surface area contributed by atoms with Gasteiger partial charge < -0.3 is 39.1 Å². The molecule has 1 aromatic rings. The van der Waals surface area contributed by atoms with Crippen LogP contribution in [0.3, 0.4) is 0 Å². The molecule has 0 amide bonds. The second kappa shape index (κ2) is 11.2. The van der Waals surface area contributed by atoms with E-state index in [1.54, 1.807) is 0 Å². The third kappa shape index (κ3) is 7.26. The quantitative estimate of drug-likeness (QED) is 0.210. The fourth-order valence-corrected chi connectivity index (χ4v) is 5.33. The van der Waals surface area contributed by atoms with Gasteiger partial charge in [0.05, 0.1) is 24.4 Å². The van der Waals surface area contributed by atoms with E-state index in [-0.39, 0.29) is 12.0 Å². The number of halogens is 2. The molecule has 0 aromatic carbocycles. The number of nitrogens with one attached hydrogen (secondary N) is 1. The molecule has 210 valence electrons. The average Bonchev–Trinajstić information content (AvgIpc) is 3.14. The SMILES string of the molecule is Cc1cn([C@H]2C[C@H](O[C@H]3O[C@@H](C)[C@H](O)C(=C(F)F)[C@H]3O)[C@@H](COP(=O)(O)OP(=O)(O)O)O2)c(=O)[nH]c1=O. The maximum Gasteiger partial charge on any atom is 0.481 e. The predicted octanol–water partition coefficient (Wildman–Crippen LogP) is -0.639. The van der Waals surface area contributed by atoms with Crippen LogP contribution in [0.4, 0.5) is 8.78 Å². The van der Waals surface area contributed by atoms with Crippen molar-refractivity contribution in [1.29, 1.82) is 0 Å². The number of rotatable bonds is 8. The molecule has 2 aliphatic heterocycles. The topological polar surface area (TPSA) is 236 Å². The van der Waals surface area contributed by atoms with Crippen molar-refractivity contribution >= 4 is 15.6 Å². The molecule has 8 atom stereocenters. The Kier molecular flexibility index (Phi) is 9.06. The molecular formula is C17H24F2N2O14P2. The van der Waals surface area contributed by atoms with Gasteiger partial charge in [-0.25, -0.2) is 13.9 Å². The van der Waals surface area contributed by atoms with Gasteiger partial charge in [-0.2, -0.15) is 13.1 Å². The van der Waals surface area contributed by atoms with Gasteiger partial charge in [0.25, 0.3) is 11.6 Å². The Balaban J connectivity index is 1.87. The van der Waals surface area contributed by atoms with Crippen LogP contribution >= 0.6 is 15.6 Å². The smallest absolute Gasteiger partial charge is 0.386 e. The lowest BCUT2D eigenvalue weighted by molar-refractivity contribution is -0.262. The molecule has 2 aliphatic rings. The number of hydrogen-bond donors (Lipinski definition) is 6. The number of aliphatic hydroxyl groups is 2. The van der Waals surface area contributed by atoms with Gasteiger partial charge in [0.2, 0.25) is 0 Å². The number of nitrogens with zero attached hydrogens (tertiary/aromatic N) is 1. The Labute approximate surface area is 205 Å². The zero-order chi connectivity index (χ0) is 27.9. The van der Waals surface area contributed by atoms with E-state index in [0.29, 0.717) is 0 Å². The summed E-state index contributed by atoms with van der Waals surface area (Å²) in [4.78, 5) is 53.1. The van der Waals surface area contributed by atoms with Crippen molar-refractivity contribution in [1.82, 2.24) is 9.55 Å². The van der Waals surface area contributed by atoms with Gasteiger partial charge in [-0.05, 0) is 13.8 Å². The summed E-state index contributed by atoms with van der Waals surface area (Å²) >= 11 is 0. The number of aliphatic hydroxyl groups excluding tert-OH is 2. The maximum atomic E-state index is 13.3. The van der Waals surface area contributed by atoms with Gasteiger partial charge >= 0.3 is 21.3 Å². The molecule has 3 rings (SSSR count). The number of aromatic nitrogens is 2. The lowest BCUT2D eigenvalue weighted by atomic mass is 9.97. The number of H-pyrrole nitrogens is 1. The van der Waals surface area contributed by atoms with Gasteiger partial charge in [-0.3, -0.25) is 18.9 Å². The predicted molar refractivity (Wildman–Crippen MR) is 114 cm³/mol. The Morgan fingerprint density at radius 3 is 2.43 bits per heavy atom. The molecule has 0 radical (unpaired) electrons. The van der Waals surface area contributed by atoms with Crippen molar-refractivity contribution in [2.75, 3.05) is 6.61 Å². The van der Waals surface area contributed by atoms with Crippen LogP contribution in [0, 0.1) is 6.92 Å². The maximum absolute atomic E-state index is 13.3. The number of hydrogen-bond acceptors (Lipinski definition) is 11. The Hall–Kier alpha value is -1.66. The van der Waals surface area contributed by atoms with Crippen LogP contribution in [-0.2, 0) is 32.2 Å². The summed E-state index contributed by atoms with van der Waals surface area (Å²) < 4.78 is 75.1. The lowest BCUT2D eigenvalue weighted by Gasteiger charge is -2.38. The minimum absolute atomic E-state index is 0.109. The molecule has 0 aliphatic carbocycles. The summed E-state index contributed by atoms with van der Waals surface area (Å²) in [6.45, 7) is 1.68. The summed E-state index contributed by atoms with van der Waals surface area (Å²) in [7, 11) is -10.8. The zero-order valence-electron chi connectivity index (χ0n) is 19.0. The number of phosphoric ester groups is 1. The standard InChI is InChI=1S/C17H24F2N2O14P2/c1-6-4-21(17(25)20-15(6)24)10-3-8(9(33-10)5-31-37(29,30)35-36(26,27)28)34-16-13(23)11(14(18)19)12(22)7(2)32-16/h4,7-10,12-13,16,22-23H,3,5H2,1-2H3,(H,29,30)(H,20,24,25)(H2,26,27,28)/t7-,8-,9+,10+,12-,13+,16+/m0/s1. The summed E-state index contributed by atoms with van der Waals surface area (Å²) in [5, 5.41) is 20.2. The zero-order valence-corrected chi connectivity index (χ0v) is 20.8. The fraction of sp³-hybridized carbons (Fsp3) is 0.647. The summed E-state index contributed by atoms with van der Waals surface area (Å²) in [5.74, 6) is 0. The molecule has 0 bridgehead atoms. The van der Waals surface area contributed by atoms with Crippen LogP contribution < -0.4 is 11.2 Å². The van der Waals surface area contributed by atoms with Crippen molar-refractivity contribution in [3.05, 3.63) is 44.3 Å². The van der Waals surface area contributed by atoms with Crippen molar-refractivity contribution < 1.29 is 65.8 Å². The Morgan fingerprint density at radius 2 is 1.84 bits per heavy atom. The molecule has 0 saturated carbocycles. The molecule has 0 spiro atoms. The molecule has 2 fully saturated rings. The number of ether oxygens (including phenoxy) is 3. The van der Waals surface area contributed by atoms with Gasteiger partial charge in [0.15, 0.2) is 6.29 Å². The van der Waals surface area contributed by atoms with E-state index in [1.807, 2.05) is 4.98 Å². The van der Waals surface area contributed by atoms with E-state index in [2.05, 4.69) is 8.83 Å². The molecule has 1 unspecified atom stereocenters. The first kappa shape index (κ1) is 29.9. The summed E-state index contributed by atoms with van der Waals surface area (Å²) in [5.41, 5.74) is -2.53. The Bertz CT molecular complexity index is 1240. The van der Waals surface area contributed by atoms with Crippen LogP contribution in [0.2, 0.25) is 0 Å². The first-order chi connectivity index (χ1) is 17.0. The second-order valence-corrected chi connectivity index (χ2v) is 11.0. The highest BCUT2D eigenvalue weighted by Gasteiger charge is 2.47. The van der Waals surface area contributed by atoms with Crippen LogP contribution in [-0.4, -0.2) is 77.9 Å². The van der Waals surface area contributed by atoms with Gasteiger partial charge in [-0.15, -0.1) is 0 Å². The second-order valence-electron chi connectivity index (χ2n) is 8.17. The highest BCUT2D eigenvalue weighted by atomic mass is 31.3. The minimum Gasteiger partial charge on any atom is -0.386 e. The third-order valence-electron chi connectivity index (χ3n) is 5.46. The molecule has 2 saturated heterocycles. The van der Waals surface area contributed by atoms with Gasteiger partial charge in [0.1, 0.15) is 24.5 Å². The van der Waals surface area contributed by atoms with Crippen molar-refractivity contribution in [3.63, 3.8) is 0 Å². The highest BCUT2D eigenvalue weighted by molar-refractivity contribution is 7.60. The van der Waals surface area contributed by atoms with Gasteiger partial charge in [-0.1, -0.05) is 0 Å². The Morgan fingerprint density at radius 1 is 1.19 bits per heavy atom. The number of aryl methyl sites for hydroxylation is 1. The number of phosphoric acid groups is 2. The van der Waals surface area contributed by atoms with Crippen molar-refractivity contribution in [2.24, 2.45) is 0 Å². The average molecular weight is 580 g/mol. The summed E-state index contributed by atoms with van der Waals surface area (Å²) in [6.07, 6.45) is -12.5. The first-order valence-electron chi connectivity index (χ1n) is 10.4. The lowest BCUT2D eigenvalue weighted by Crippen LogP contribution is -2.51. The van der Waals surface area contributed by atoms with E-state index < -0.39 is 88.2 Å². The van der Waals surface area contributed by atoms with E-state index in [1.165, 1.54) is 13.8 Å². The van der Waals surface area contributed by atoms with Crippen LogP contribution in [0.15, 0.2) is 27.4 Å². The summed E-state index contributed by atoms with van der Waals surface area (Å²) in [6, 6.07) is 0. The molecule has 3 heterocycles. The largest absolute Gasteiger partial charge is 0.481 e. The molecular weight excluding hydrogens is 556 g/mol. The van der Waals surface area contributed by atoms with E-state index in [0.717, 1.165) is 10.8 Å². The molecule has 1 aromatic heterocycles. The molecule has 37 heavy (non-hydrogen) atoms. The number of aromatic amines is 1. The first-order valence-corrected chi connectivity index (χ1v) is 13.5. The monoisotopic (exact) mass is 580 g/mol. The van der Waals surface area contributed by atoms with Crippen molar-refractivity contribution in [3.8, 4) is 0 Å². The fourth-order valence-electron chi connectivity index (χ4n) is 3.73. The van der Waals surface area contributed by atoms with E-state index >= 15 is 0 Å². The molecule has 20 heteroatoms. The molecule has 16 nitrogen and oxygen atoms in total. The minimum atomic E-state index is -5.45. The van der Waals surface area contributed by atoms with Crippen LogP contribution in [0.1, 0.15) is 25.1 Å². The highest BCUT2D eigenvalue weighted by Crippen LogP contribution is 2.57. The third-order valence-corrected chi connectivity index (χ3v) is 7.62. The normalized spacial score (nSPS) is 32.4. The van der Waals surface area contributed by atoms with Gasteiger partial charge in [0, 0.05) is 18.2 Å². The van der Waals surface area contributed by atoms with Crippen LogP contribution in [0.5, 0.6) is 0 Å². The van der Waals surface area contributed by atoms with Crippen molar-refractivity contribution in [2.45, 2.75) is 63.3 Å². The molecule has 6 N–H and O–H groups in total. The van der Waals surface area contributed by atoms with E-state index in [9.17, 15) is 42.6 Å².